The van der Waals surface area contributed by atoms with Crippen molar-refractivity contribution < 1.29 is 24.5 Å². The second-order valence-electron chi connectivity index (χ2n) is 5.33. The van der Waals surface area contributed by atoms with Crippen molar-refractivity contribution in [1.29, 1.82) is 0 Å². The lowest BCUT2D eigenvalue weighted by molar-refractivity contribution is 0.0342. The van der Waals surface area contributed by atoms with E-state index in [0.717, 1.165) is 18.9 Å². The van der Waals surface area contributed by atoms with Crippen LogP contribution in [0.5, 0.6) is 5.75 Å². The third-order valence-electron chi connectivity index (χ3n) is 3.33. The predicted octanol–water partition coefficient (Wildman–Crippen LogP) is 1.78. The number of phenolic OH excluding ortho intramolecular Hbond substituents is 1. The molecule has 4 N–H and O–H groups in total. The molecule has 7 nitrogen and oxygen atoms in total. The highest BCUT2D eigenvalue weighted by Crippen LogP contribution is 2.22. The van der Waals surface area contributed by atoms with Gasteiger partial charge < -0.3 is 25.6 Å². The maximum absolute atomic E-state index is 12.0. The van der Waals surface area contributed by atoms with Crippen molar-refractivity contribution in [2.24, 2.45) is 0 Å². The Balaban J connectivity index is 2.07. The third kappa shape index (κ3) is 3.85. The number of carboxylic acid groups (broad SMARTS) is 1. The van der Waals surface area contributed by atoms with Crippen LogP contribution in [0.1, 0.15) is 30.1 Å². The molecule has 1 fully saturated rings. The van der Waals surface area contributed by atoms with E-state index in [-0.39, 0.29) is 17.0 Å². The number of ether oxygens (including phenoxy) is 1. The SMILES string of the molecule is CC1(NC(=O)Nc2ccc(O)cc2C(=O)O)CCCOC1. The molecule has 0 spiro atoms. The quantitative estimate of drug-likeness (QED) is 0.636. The number of anilines is 1. The van der Waals surface area contributed by atoms with E-state index in [1.54, 1.807) is 0 Å². The fourth-order valence-electron chi connectivity index (χ4n) is 2.28. The summed E-state index contributed by atoms with van der Waals surface area (Å²) in [6.45, 7) is 2.97. The molecule has 2 rings (SSSR count). The van der Waals surface area contributed by atoms with E-state index < -0.39 is 17.5 Å². The van der Waals surface area contributed by atoms with Crippen LogP contribution in [0.2, 0.25) is 0 Å². The summed E-state index contributed by atoms with van der Waals surface area (Å²) in [7, 11) is 0. The summed E-state index contributed by atoms with van der Waals surface area (Å²) in [5.74, 6) is -1.40. The van der Waals surface area contributed by atoms with Crippen LogP contribution >= 0.6 is 0 Å². The molecule has 0 aliphatic carbocycles. The Morgan fingerprint density at radius 1 is 1.38 bits per heavy atom. The van der Waals surface area contributed by atoms with E-state index in [9.17, 15) is 14.7 Å². The van der Waals surface area contributed by atoms with Crippen LogP contribution in [0.25, 0.3) is 0 Å². The van der Waals surface area contributed by atoms with Gasteiger partial charge in [-0.3, -0.25) is 0 Å². The molecule has 0 aromatic heterocycles. The van der Waals surface area contributed by atoms with Gasteiger partial charge in [-0.15, -0.1) is 0 Å². The highest BCUT2D eigenvalue weighted by molar-refractivity contribution is 6.00. The highest BCUT2D eigenvalue weighted by atomic mass is 16.5. The highest BCUT2D eigenvalue weighted by Gasteiger charge is 2.29. The van der Waals surface area contributed by atoms with Crippen molar-refractivity contribution in [2.75, 3.05) is 18.5 Å². The summed E-state index contributed by atoms with van der Waals surface area (Å²) in [4.78, 5) is 23.1. The first kappa shape index (κ1) is 15.1. The molecular formula is C14H18N2O5. The van der Waals surface area contributed by atoms with Gasteiger partial charge in [-0.05, 0) is 38.0 Å². The molecule has 1 aromatic rings. The maximum Gasteiger partial charge on any atom is 0.337 e. The summed E-state index contributed by atoms with van der Waals surface area (Å²) >= 11 is 0. The number of hydrogen-bond acceptors (Lipinski definition) is 4. The fourth-order valence-corrected chi connectivity index (χ4v) is 2.28. The lowest BCUT2D eigenvalue weighted by atomic mass is 9.95. The van der Waals surface area contributed by atoms with Crippen LogP contribution in [0.15, 0.2) is 18.2 Å². The van der Waals surface area contributed by atoms with Gasteiger partial charge in [0.1, 0.15) is 5.75 Å². The minimum Gasteiger partial charge on any atom is -0.508 e. The molecule has 114 valence electrons. The van der Waals surface area contributed by atoms with E-state index in [4.69, 9.17) is 9.84 Å². The van der Waals surface area contributed by atoms with E-state index in [0.29, 0.717) is 13.2 Å². The van der Waals surface area contributed by atoms with Crippen molar-refractivity contribution in [2.45, 2.75) is 25.3 Å². The standard InChI is InChI=1S/C14H18N2O5/c1-14(5-2-6-21-8-14)16-13(20)15-11-4-3-9(17)7-10(11)12(18)19/h3-4,7,17H,2,5-6,8H2,1H3,(H,18,19)(H2,15,16,20). The molecule has 1 aliphatic rings. The van der Waals surface area contributed by atoms with E-state index in [1.165, 1.54) is 12.1 Å². The fraction of sp³-hybridized carbons (Fsp3) is 0.429. The van der Waals surface area contributed by atoms with E-state index >= 15 is 0 Å². The Morgan fingerprint density at radius 3 is 2.76 bits per heavy atom. The number of amides is 2. The number of phenols is 1. The lowest BCUT2D eigenvalue weighted by Gasteiger charge is -2.34. The Kier molecular flexibility index (Phi) is 4.32. The third-order valence-corrected chi connectivity index (χ3v) is 3.33. The van der Waals surface area contributed by atoms with Crippen LogP contribution in [0.4, 0.5) is 10.5 Å². The number of benzene rings is 1. The monoisotopic (exact) mass is 294 g/mol. The first-order valence-electron chi connectivity index (χ1n) is 6.63. The Hall–Kier alpha value is -2.28. The van der Waals surface area contributed by atoms with Gasteiger partial charge in [-0.1, -0.05) is 0 Å². The summed E-state index contributed by atoms with van der Waals surface area (Å²) in [5, 5.41) is 23.7. The lowest BCUT2D eigenvalue weighted by Crippen LogP contribution is -2.52. The van der Waals surface area contributed by atoms with Gasteiger partial charge in [0.15, 0.2) is 0 Å². The summed E-state index contributed by atoms with van der Waals surface area (Å²) in [6, 6.07) is 3.24. The van der Waals surface area contributed by atoms with Gasteiger partial charge in [-0.2, -0.15) is 0 Å². The summed E-state index contributed by atoms with van der Waals surface area (Å²) in [6.07, 6.45) is 1.65. The number of rotatable bonds is 3. The average molecular weight is 294 g/mol. The molecule has 1 saturated heterocycles. The van der Waals surface area contributed by atoms with Crippen LogP contribution in [-0.4, -0.2) is 41.0 Å². The Morgan fingerprint density at radius 2 is 2.14 bits per heavy atom. The normalized spacial score (nSPS) is 21.6. The zero-order valence-electron chi connectivity index (χ0n) is 11.7. The Labute approximate surface area is 121 Å². The predicted molar refractivity (Wildman–Crippen MR) is 75.7 cm³/mol. The van der Waals surface area contributed by atoms with Crippen LogP contribution in [0.3, 0.4) is 0 Å². The molecule has 1 aliphatic heterocycles. The van der Waals surface area contributed by atoms with Crippen molar-refractivity contribution in [1.82, 2.24) is 5.32 Å². The minimum atomic E-state index is -1.23. The molecule has 0 radical (unpaired) electrons. The zero-order valence-corrected chi connectivity index (χ0v) is 11.7. The van der Waals surface area contributed by atoms with Crippen LogP contribution in [-0.2, 0) is 4.74 Å². The topological polar surface area (TPSA) is 108 Å². The second kappa shape index (κ2) is 6.01. The van der Waals surface area contributed by atoms with Gasteiger partial charge >= 0.3 is 12.0 Å². The van der Waals surface area contributed by atoms with Crippen molar-refractivity contribution in [3.05, 3.63) is 23.8 Å². The number of aromatic hydroxyl groups is 1. The number of nitrogens with one attached hydrogen (secondary N) is 2. The van der Waals surface area contributed by atoms with Gasteiger partial charge in [0, 0.05) is 6.61 Å². The second-order valence-corrected chi connectivity index (χ2v) is 5.33. The molecule has 2 amide bonds. The molecule has 0 bridgehead atoms. The number of hydrogen-bond donors (Lipinski definition) is 4. The first-order valence-corrected chi connectivity index (χ1v) is 6.63. The smallest absolute Gasteiger partial charge is 0.337 e. The Bertz CT molecular complexity index is 552. The summed E-state index contributed by atoms with van der Waals surface area (Å²) in [5.41, 5.74) is -0.517. The first-order chi connectivity index (χ1) is 9.89. The van der Waals surface area contributed by atoms with E-state index in [1.807, 2.05) is 6.92 Å². The maximum atomic E-state index is 12.0. The van der Waals surface area contributed by atoms with Crippen molar-refractivity contribution in [3.8, 4) is 5.75 Å². The minimum absolute atomic E-state index is 0.123. The molecule has 1 unspecified atom stereocenters. The van der Waals surface area contributed by atoms with E-state index in [2.05, 4.69) is 10.6 Å². The van der Waals surface area contributed by atoms with Gasteiger partial charge in [-0.25, -0.2) is 9.59 Å². The molecule has 1 heterocycles. The number of carbonyl (C=O) groups excluding carboxylic acids is 1. The van der Waals surface area contributed by atoms with Crippen LogP contribution in [0, 0.1) is 0 Å². The van der Waals surface area contributed by atoms with Crippen molar-refractivity contribution >= 4 is 17.7 Å². The zero-order chi connectivity index (χ0) is 15.5. The number of carboxylic acids is 1. The van der Waals surface area contributed by atoms with Gasteiger partial charge in [0.05, 0.1) is 23.4 Å². The van der Waals surface area contributed by atoms with Gasteiger partial charge in [0.2, 0.25) is 0 Å². The van der Waals surface area contributed by atoms with Crippen molar-refractivity contribution in [3.63, 3.8) is 0 Å². The van der Waals surface area contributed by atoms with Gasteiger partial charge in [0.25, 0.3) is 0 Å². The summed E-state index contributed by atoms with van der Waals surface area (Å²) < 4.78 is 5.34. The largest absolute Gasteiger partial charge is 0.508 e. The molecule has 1 aromatic carbocycles. The molecule has 1 atom stereocenters. The van der Waals surface area contributed by atoms with Crippen LogP contribution < -0.4 is 10.6 Å². The number of urea groups is 1. The molecule has 7 heteroatoms. The molecule has 21 heavy (non-hydrogen) atoms. The molecule has 0 saturated carbocycles. The molecular weight excluding hydrogens is 276 g/mol. The average Bonchev–Trinajstić information content (AvgIpc) is 2.40. The number of aromatic carboxylic acids is 1. The number of carbonyl (C=O) groups is 2.